The third-order valence-electron chi connectivity index (χ3n) is 6.34. The Hall–Kier alpha value is -3.78. The number of Topliss-reactive ketones (excluding diaryl/α,β-unsaturated/α-hetero) is 1. The van der Waals surface area contributed by atoms with Crippen molar-refractivity contribution in [2.45, 2.75) is 38.6 Å². The Balaban J connectivity index is 1.53. The summed E-state index contributed by atoms with van der Waals surface area (Å²) in [4.78, 5) is 21.6. The molecule has 0 amide bonds. The third kappa shape index (κ3) is 3.52. The van der Waals surface area contributed by atoms with Crippen LogP contribution in [0.15, 0.2) is 48.8 Å². The highest BCUT2D eigenvalue weighted by atomic mass is 16.5. The first-order valence-electron chi connectivity index (χ1n) is 10.9. The van der Waals surface area contributed by atoms with Crippen LogP contribution >= 0.6 is 0 Å². The van der Waals surface area contributed by atoms with E-state index in [0.29, 0.717) is 29.5 Å². The van der Waals surface area contributed by atoms with Gasteiger partial charge >= 0.3 is 0 Å². The van der Waals surface area contributed by atoms with Crippen molar-refractivity contribution in [3.05, 3.63) is 65.5 Å². The van der Waals surface area contributed by atoms with Crippen LogP contribution in [0.25, 0.3) is 16.9 Å². The second-order valence-corrected chi connectivity index (χ2v) is 8.95. The first kappa shape index (κ1) is 21.1. The summed E-state index contributed by atoms with van der Waals surface area (Å²) in [6.07, 6.45) is 3.88. The summed E-state index contributed by atoms with van der Waals surface area (Å²) in [6.45, 7) is 5.88. The molecule has 1 aliphatic rings. The van der Waals surface area contributed by atoms with Gasteiger partial charge in [-0.05, 0) is 61.7 Å². The summed E-state index contributed by atoms with van der Waals surface area (Å²) < 4.78 is 7.26. The molecule has 0 unspecified atom stereocenters. The van der Waals surface area contributed by atoms with Gasteiger partial charge in [0.05, 0.1) is 7.11 Å². The maximum absolute atomic E-state index is 12.4. The standard InChI is InChI=1S/C25H26N6O2/c1-14(26)15-5-8-20(33-4)18(12-15)22-23-29-24(30-31(23)10-9-27-22)28-17-6-7-19-16(11-17)13-21(32)25(19,2)3/h5-12,14H,13,26H2,1-4H3,(H,28,30)/t14-/m0/s1. The fraction of sp³-hybridized carbons (Fsp3) is 0.280. The fourth-order valence-electron chi connectivity index (χ4n) is 4.35. The Bertz CT molecular complexity index is 1390. The van der Waals surface area contributed by atoms with Gasteiger partial charge in [-0.15, -0.1) is 5.10 Å². The van der Waals surface area contributed by atoms with Gasteiger partial charge in [0.15, 0.2) is 5.65 Å². The molecular formula is C25H26N6O2. The lowest BCUT2D eigenvalue weighted by atomic mass is 9.86. The van der Waals surface area contributed by atoms with E-state index in [9.17, 15) is 4.79 Å². The monoisotopic (exact) mass is 442 g/mol. The SMILES string of the molecule is COc1ccc([C@H](C)N)cc1-c1nccn2nc(Nc3ccc4c(c3)CC(=O)C4(C)C)nc12. The van der Waals surface area contributed by atoms with Crippen molar-refractivity contribution in [1.82, 2.24) is 19.6 Å². The summed E-state index contributed by atoms with van der Waals surface area (Å²) in [5, 5.41) is 7.84. The van der Waals surface area contributed by atoms with Gasteiger partial charge in [-0.3, -0.25) is 9.78 Å². The molecule has 2 aromatic heterocycles. The van der Waals surface area contributed by atoms with E-state index >= 15 is 0 Å². The lowest BCUT2D eigenvalue weighted by Gasteiger charge is -2.17. The number of hydrogen-bond donors (Lipinski definition) is 2. The van der Waals surface area contributed by atoms with Crippen LogP contribution in [0.3, 0.4) is 0 Å². The summed E-state index contributed by atoms with van der Waals surface area (Å²) in [5.74, 6) is 1.36. The van der Waals surface area contributed by atoms with Gasteiger partial charge in [0.1, 0.15) is 17.2 Å². The highest BCUT2D eigenvalue weighted by Gasteiger charge is 2.37. The molecule has 0 spiro atoms. The summed E-state index contributed by atoms with van der Waals surface area (Å²) in [5.41, 5.74) is 11.6. The molecule has 4 aromatic rings. The molecule has 5 rings (SSSR count). The molecule has 8 nitrogen and oxygen atoms in total. The van der Waals surface area contributed by atoms with E-state index in [4.69, 9.17) is 15.5 Å². The lowest BCUT2D eigenvalue weighted by molar-refractivity contribution is -0.121. The molecule has 0 bridgehead atoms. The van der Waals surface area contributed by atoms with Crippen molar-refractivity contribution in [3.63, 3.8) is 0 Å². The zero-order chi connectivity index (χ0) is 23.3. The molecule has 2 aromatic carbocycles. The van der Waals surface area contributed by atoms with Crippen LogP contribution in [0.1, 0.15) is 43.5 Å². The van der Waals surface area contributed by atoms with Crippen LogP contribution in [-0.2, 0) is 16.6 Å². The summed E-state index contributed by atoms with van der Waals surface area (Å²) in [7, 11) is 1.63. The number of rotatable bonds is 5. The average molecular weight is 443 g/mol. The molecule has 168 valence electrons. The number of ketones is 1. The minimum Gasteiger partial charge on any atom is -0.496 e. The second-order valence-electron chi connectivity index (χ2n) is 8.95. The normalized spacial score (nSPS) is 15.5. The summed E-state index contributed by atoms with van der Waals surface area (Å²) >= 11 is 0. The zero-order valence-electron chi connectivity index (χ0n) is 19.1. The molecule has 0 saturated heterocycles. The smallest absolute Gasteiger partial charge is 0.247 e. The molecule has 1 aliphatic carbocycles. The van der Waals surface area contributed by atoms with E-state index in [1.807, 2.05) is 57.2 Å². The Kier molecular flexibility index (Phi) is 4.90. The number of fused-ring (bicyclic) bond motifs is 2. The molecule has 8 heteroatoms. The predicted octanol–water partition coefficient (Wildman–Crippen LogP) is 3.97. The van der Waals surface area contributed by atoms with Crippen molar-refractivity contribution >= 4 is 23.1 Å². The number of carbonyl (C=O) groups is 1. The Morgan fingerprint density at radius 3 is 2.79 bits per heavy atom. The molecular weight excluding hydrogens is 416 g/mol. The summed E-state index contributed by atoms with van der Waals surface area (Å²) in [6, 6.07) is 11.7. The maximum Gasteiger partial charge on any atom is 0.247 e. The number of nitrogens with zero attached hydrogens (tertiary/aromatic N) is 4. The van der Waals surface area contributed by atoms with Gasteiger partial charge in [-0.1, -0.05) is 12.1 Å². The number of anilines is 2. The number of nitrogens with two attached hydrogens (primary N) is 1. The predicted molar refractivity (Wildman–Crippen MR) is 127 cm³/mol. The van der Waals surface area contributed by atoms with Gasteiger partial charge in [-0.2, -0.15) is 4.98 Å². The number of hydrogen-bond acceptors (Lipinski definition) is 7. The van der Waals surface area contributed by atoms with Crippen LogP contribution in [-0.4, -0.2) is 32.5 Å². The van der Waals surface area contributed by atoms with Gasteiger partial charge in [-0.25, -0.2) is 4.52 Å². The van der Waals surface area contributed by atoms with Crippen molar-refractivity contribution < 1.29 is 9.53 Å². The van der Waals surface area contributed by atoms with E-state index in [-0.39, 0.29) is 11.8 Å². The number of carbonyl (C=O) groups excluding carboxylic acids is 1. The van der Waals surface area contributed by atoms with Crippen molar-refractivity contribution in [2.24, 2.45) is 5.73 Å². The van der Waals surface area contributed by atoms with Crippen LogP contribution in [0.4, 0.5) is 11.6 Å². The van der Waals surface area contributed by atoms with Crippen molar-refractivity contribution in [3.8, 4) is 17.0 Å². The van der Waals surface area contributed by atoms with E-state index in [1.54, 1.807) is 24.0 Å². The molecule has 33 heavy (non-hydrogen) atoms. The van der Waals surface area contributed by atoms with Crippen LogP contribution < -0.4 is 15.8 Å². The quantitative estimate of drug-likeness (QED) is 0.482. The third-order valence-corrected chi connectivity index (χ3v) is 6.34. The molecule has 1 atom stereocenters. The second kappa shape index (κ2) is 7.67. The highest BCUT2D eigenvalue weighted by molar-refractivity contribution is 5.96. The van der Waals surface area contributed by atoms with E-state index in [0.717, 1.165) is 27.9 Å². The van der Waals surface area contributed by atoms with E-state index in [2.05, 4.69) is 15.4 Å². The maximum atomic E-state index is 12.4. The number of benzene rings is 2. The first-order chi connectivity index (χ1) is 15.8. The van der Waals surface area contributed by atoms with Gasteiger partial charge in [0, 0.05) is 41.5 Å². The van der Waals surface area contributed by atoms with E-state index in [1.165, 1.54) is 0 Å². The average Bonchev–Trinajstić information content (AvgIpc) is 3.30. The number of aromatic nitrogens is 4. The van der Waals surface area contributed by atoms with Gasteiger partial charge < -0.3 is 15.8 Å². The zero-order valence-corrected chi connectivity index (χ0v) is 19.1. The molecule has 3 N–H and O–H groups in total. The van der Waals surface area contributed by atoms with Crippen LogP contribution in [0.2, 0.25) is 0 Å². The largest absolute Gasteiger partial charge is 0.496 e. The lowest BCUT2D eigenvalue weighted by Crippen LogP contribution is -2.23. The Morgan fingerprint density at radius 2 is 2.03 bits per heavy atom. The minimum atomic E-state index is -0.440. The topological polar surface area (TPSA) is 107 Å². The van der Waals surface area contributed by atoms with E-state index < -0.39 is 5.41 Å². The highest BCUT2D eigenvalue weighted by Crippen LogP contribution is 2.37. The van der Waals surface area contributed by atoms with Crippen molar-refractivity contribution in [2.75, 3.05) is 12.4 Å². The molecule has 2 heterocycles. The fourth-order valence-corrected chi connectivity index (χ4v) is 4.35. The van der Waals surface area contributed by atoms with Gasteiger partial charge in [0.25, 0.3) is 0 Å². The molecule has 0 aliphatic heterocycles. The first-order valence-corrected chi connectivity index (χ1v) is 10.9. The molecule has 0 radical (unpaired) electrons. The van der Waals surface area contributed by atoms with Crippen LogP contribution in [0.5, 0.6) is 5.75 Å². The van der Waals surface area contributed by atoms with Gasteiger partial charge in [0.2, 0.25) is 5.95 Å². The Morgan fingerprint density at radius 1 is 1.21 bits per heavy atom. The van der Waals surface area contributed by atoms with Crippen molar-refractivity contribution in [1.29, 1.82) is 0 Å². The molecule has 0 saturated carbocycles. The molecule has 0 fully saturated rings. The number of nitrogens with one attached hydrogen (secondary N) is 1. The van der Waals surface area contributed by atoms with Crippen LogP contribution in [0, 0.1) is 0 Å². The number of methoxy groups -OCH3 is 1. The number of ether oxygens (including phenoxy) is 1. The minimum absolute atomic E-state index is 0.124. The Labute approximate surface area is 191 Å².